The Morgan fingerprint density at radius 2 is 2.06 bits per heavy atom. The van der Waals surface area contributed by atoms with Crippen LogP contribution in [0.5, 0.6) is 0 Å². The van der Waals surface area contributed by atoms with Crippen LogP contribution < -0.4 is 5.32 Å². The van der Waals surface area contributed by atoms with Gasteiger partial charge >= 0.3 is 0 Å². The van der Waals surface area contributed by atoms with Gasteiger partial charge in [0, 0.05) is 12.1 Å². The van der Waals surface area contributed by atoms with Crippen LogP contribution in [-0.4, -0.2) is 17.5 Å². The number of hydrogen-bond acceptors (Lipinski definition) is 2. The molecule has 0 aromatic heterocycles. The Balaban J connectivity index is 1.98. The van der Waals surface area contributed by atoms with E-state index in [0.717, 1.165) is 11.1 Å². The molecule has 0 aliphatic carbocycles. The first kappa shape index (κ1) is 12.9. The molecule has 0 bridgehead atoms. The highest BCUT2D eigenvalue weighted by molar-refractivity contribution is 7.99. The Kier molecular flexibility index (Phi) is 4.46. The second-order valence-electron chi connectivity index (χ2n) is 4.78. The molecule has 0 amide bonds. The molecule has 1 aliphatic heterocycles. The summed E-state index contributed by atoms with van der Waals surface area (Å²) in [7, 11) is 0. The third kappa shape index (κ3) is 3.46. The summed E-state index contributed by atoms with van der Waals surface area (Å²) < 4.78 is 13.5. The second kappa shape index (κ2) is 5.87. The summed E-state index contributed by atoms with van der Waals surface area (Å²) in [4.78, 5) is 0. The van der Waals surface area contributed by atoms with Crippen molar-refractivity contribution < 1.29 is 4.39 Å². The van der Waals surface area contributed by atoms with E-state index < -0.39 is 0 Å². The van der Waals surface area contributed by atoms with Crippen molar-refractivity contribution in [2.45, 2.75) is 38.8 Å². The lowest BCUT2D eigenvalue weighted by Gasteiger charge is -2.26. The van der Waals surface area contributed by atoms with Crippen molar-refractivity contribution in [2.24, 2.45) is 0 Å². The van der Waals surface area contributed by atoms with Crippen molar-refractivity contribution >= 4 is 11.8 Å². The van der Waals surface area contributed by atoms with Crippen LogP contribution in [0.2, 0.25) is 0 Å². The minimum atomic E-state index is -0.102. The maximum absolute atomic E-state index is 13.5. The maximum Gasteiger partial charge on any atom is 0.126 e. The molecule has 0 spiro atoms. The Hall–Kier alpha value is -0.540. The Labute approximate surface area is 107 Å². The van der Waals surface area contributed by atoms with Crippen molar-refractivity contribution in [3.63, 3.8) is 0 Å². The van der Waals surface area contributed by atoms with Gasteiger partial charge in [0.2, 0.25) is 0 Å². The first-order valence-electron chi connectivity index (χ1n) is 6.26. The van der Waals surface area contributed by atoms with Gasteiger partial charge in [-0.2, -0.15) is 11.8 Å². The summed E-state index contributed by atoms with van der Waals surface area (Å²) in [5.74, 6) is 2.38. The average Bonchev–Trinajstić information content (AvgIpc) is 2.34. The topological polar surface area (TPSA) is 12.0 Å². The van der Waals surface area contributed by atoms with E-state index in [0.29, 0.717) is 6.04 Å². The third-order valence-electron chi connectivity index (χ3n) is 3.40. The molecule has 3 heteroatoms. The quantitative estimate of drug-likeness (QED) is 0.882. The maximum atomic E-state index is 13.5. The number of rotatable bonds is 3. The number of nitrogens with one attached hydrogen (secondary N) is 1. The molecule has 1 fully saturated rings. The molecule has 1 saturated heterocycles. The van der Waals surface area contributed by atoms with E-state index in [-0.39, 0.29) is 11.9 Å². The standard InChI is InChI=1S/C14H20FNS/c1-10-3-4-12(9-14(10)15)11(2)16-13-5-7-17-8-6-13/h3-4,9,11,13,16H,5-8H2,1-2H3. The second-order valence-corrected chi connectivity index (χ2v) is 6.01. The van der Waals surface area contributed by atoms with Crippen LogP contribution in [0.3, 0.4) is 0 Å². The van der Waals surface area contributed by atoms with Crippen LogP contribution in [0, 0.1) is 12.7 Å². The highest BCUT2D eigenvalue weighted by atomic mass is 32.2. The lowest BCUT2D eigenvalue weighted by atomic mass is 10.0. The molecule has 1 N–H and O–H groups in total. The third-order valence-corrected chi connectivity index (χ3v) is 4.45. The molecule has 1 aliphatic rings. The number of aryl methyl sites for hydroxylation is 1. The predicted molar refractivity (Wildman–Crippen MR) is 73.0 cm³/mol. The van der Waals surface area contributed by atoms with Gasteiger partial charge in [0.15, 0.2) is 0 Å². The average molecular weight is 253 g/mol. The van der Waals surface area contributed by atoms with Crippen LogP contribution in [0.1, 0.15) is 36.9 Å². The zero-order valence-corrected chi connectivity index (χ0v) is 11.3. The molecule has 1 aromatic rings. The van der Waals surface area contributed by atoms with E-state index in [4.69, 9.17) is 0 Å². The van der Waals surface area contributed by atoms with Gasteiger partial charge in [0.1, 0.15) is 5.82 Å². The van der Waals surface area contributed by atoms with Gasteiger partial charge in [-0.15, -0.1) is 0 Å². The Bertz CT molecular complexity index is 374. The fourth-order valence-electron chi connectivity index (χ4n) is 2.19. The fraction of sp³-hybridized carbons (Fsp3) is 0.571. The summed E-state index contributed by atoms with van der Waals surface area (Å²) in [6.07, 6.45) is 2.45. The molecule has 1 atom stereocenters. The number of thioether (sulfide) groups is 1. The van der Waals surface area contributed by atoms with E-state index >= 15 is 0 Å². The molecule has 17 heavy (non-hydrogen) atoms. The zero-order chi connectivity index (χ0) is 12.3. The van der Waals surface area contributed by atoms with Crippen LogP contribution in [0.4, 0.5) is 4.39 Å². The summed E-state index contributed by atoms with van der Waals surface area (Å²) >= 11 is 2.03. The van der Waals surface area contributed by atoms with Gasteiger partial charge in [0.25, 0.3) is 0 Å². The van der Waals surface area contributed by atoms with Gasteiger partial charge in [-0.3, -0.25) is 0 Å². The van der Waals surface area contributed by atoms with E-state index in [9.17, 15) is 4.39 Å². The van der Waals surface area contributed by atoms with Gasteiger partial charge in [-0.25, -0.2) is 4.39 Å². The molecule has 1 nitrogen and oxygen atoms in total. The molecule has 2 rings (SSSR count). The minimum absolute atomic E-state index is 0.102. The number of benzene rings is 1. The molecular formula is C14H20FNS. The molecule has 94 valence electrons. The van der Waals surface area contributed by atoms with E-state index in [1.54, 1.807) is 13.0 Å². The van der Waals surface area contributed by atoms with Crippen LogP contribution in [0.15, 0.2) is 18.2 Å². The summed E-state index contributed by atoms with van der Waals surface area (Å²) in [6.45, 7) is 3.92. The Morgan fingerprint density at radius 1 is 1.35 bits per heavy atom. The molecule has 1 aromatic carbocycles. The SMILES string of the molecule is Cc1ccc(C(C)NC2CCSCC2)cc1F. The van der Waals surface area contributed by atoms with Crippen LogP contribution in [0.25, 0.3) is 0 Å². The van der Waals surface area contributed by atoms with E-state index in [1.165, 1.54) is 24.3 Å². The van der Waals surface area contributed by atoms with Gasteiger partial charge in [-0.05, 0) is 55.4 Å². The largest absolute Gasteiger partial charge is 0.307 e. The minimum Gasteiger partial charge on any atom is -0.307 e. The number of halogens is 1. The van der Waals surface area contributed by atoms with Crippen molar-refractivity contribution in [3.8, 4) is 0 Å². The first-order valence-corrected chi connectivity index (χ1v) is 7.42. The lowest BCUT2D eigenvalue weighted by molar-refractivity contribution is 0.430. The normalized spacial score (nSPS) is 19.2. The van der Waals surface area contributed by atoms with E-state index in [1.807, 2.05) is 23.9 Å². The van der Waals surface area contributed by atoms with Crippen molar-refractivity contribution in [3.05, 3.63) is 35.1 Å². The number of hydrogen-bond donors (Lipinski definition) is 1. The van der Waals surface area contributed by atoms with Crippen molar-refractivity contribution in [1.82, 2.24) is 5.32 Å². The van der Waals surface area contributed by atoms with Crippen LogP contribution >= 0.6 is 11.8 Å². The first-order chi connectivity index (χ1) is 8.16. The van der Waals surface area contributed by atoms with Gasteiger partial charge in [0.05, 0.1) is 0 Å². The van der Waals surface area contributed by atoms with Crippen molar-refractivity contribution in [1.29, 1.82) is 0 Å². The lowest BCUT2D eigenvalue weighted by Crippen LogP contribution is -2.34. The summed E-state index contributed by atoms with van der Waals surface area (Å²) in [5.41, 5.74) is 1.77. The van der Waals surface area contributed by atoms with E-state index in [2.05, 4.69) is 12.2 Å². The zero-order valence-electron chi connectivity index (χ0n) is 10.5. The smallest absolute Gasteiger partial charge is 0.126 e. The molecular weight excluding hydrogens is 233 g/mol. The molecule has 0 radical (unpaired) electrons. The van der Waals surface area contributed by atoms with Gasteiger partial charge in [-0.1, -0.05) is 12.1 Å². The molecule has 1 heterocycles. The summed E-state index contributed by atoms with van der Waals surface area (Å²) in [5, 5.41) is 3.60. The van der Waals surface area contributed by atoms with Crippen LogP contribution in [-0.2, 0) is 0 Å². The predicted octanol–water partition coefficient (Wildman–Crippen LogP) is 3.68. The monoisotopic (exact) mass is 253 g/mol. The van der Waals surface area contributed by atoms with Crippen molar-refractivity contribution in [2.75, 3.05) is 11.5 Å². The Morgan fingerprint density at radius 3 is 2.71 bits per heavy atom. The fourth-order valence-corrected chi connectivity index (χ4v) is 3.30. The van der Waals surface area contributed by atoms with Gasteiger partial charge < -0.3 is 5.32 Å². The highest BCUT2D eigenvalue weighted by Crippen LogP contribution is 2.21. The molecule has 1 unspecified atom stereocenters. The summed E-state index contributed by atoms with van der Waals surface area (Å²) in [6, 6.07) is 6.37. The molecule has 0 saturated carbocycles. The highest BCUT2D eigenvalue weighted by Gasteiger charge is 2.16.